The van der Waals surface area contributed by atoms with Gasteiger partial charge in [-0.1, -0.05) is 25.1 Å². The van der Waals surface area contributed by atoms with Gasteiger partial charge in [0.2, 0.25) is 0 Å². The fourth-order valence-corrected chi connectivity index (χ4v) is 8.10. The van der Waals surface area contributed by atoms with Gasteiger partial charge in [-0.3, -0.25) is 23.0 Å². The molecule has 2 aliphatic rings. The van der Waals surface area contributed by atoms with E-state index in [1.165, 1.54) is 21.8 Å². The molecule has 2 fully saturated rings. The normalized spacial score (nSPS) is 24.8. The van der Waals surface area contributed by atoms with Crippen LogP contribution in [0.5, 0.6) is 0 Å². The van der Waals surface area contributed by atoms with E-state index in [1.54, 1.807) is 43.3 Å². The first-order valence-electron chi connectivity index (χ1n) is 18.4. The molecule has 0 saturated carbocycles. The van der Waals surface area contributed by atoms with Crippen LogP contribution in [0.4, 0.5) is 25.2 Å². The molecule has 25 heteroatoms. The Labute approximate surface area is 338 Å². The van der Waals surface area contributed by atoms with Gasteiger partial charge in [-0.2, -0.15) is 10.5 Å². The van der Waals surface area contributed by atoms with Crippen molar-refractivity contribution in [2.24, 2.45) is 0 Å². The summed E-state index contributed by atoms with van der Waals surface area (Å²) >= 11 is 0. The third-order valence-electron chi connectivity index (χ3n) is 9.39. The monoisotopic (exact) mass is 851 g/mol. The van der Waals surface area contributed by atoms with Gasteiger partial charge in [-0.15, -0.1) is 0 Å². The van der Waals surface area contributed by atoms with Crippen LogP contribution in [-0.4, -0.2) is 108 Å². The number of nitrogens with zero attached hydrogens (tertiary/aromatic N) is 10. The van der Waals surface area contributed by atoms with Crippen molar-refractivity contribution in [2.45, 2.75) is 75.4 Å². The van der Waals surface area contributed by atoms with E-state index in [2.05, 4.69) is 40.3 Å². The number of nitrogen functional groups attached to an aromatic ring is 1. The minimum Gasteiger partial charge on any atom is -0.433 e. The van der Waals surface area contributed by atoms with Crippen molar-refractivity contribution in [3.05, 3.63) is 61.2 Å². The zero-order valence-corrected chi connectivity index (χ0v) is 32.4. The second-order valence-corrected chi connectivity index (χ2v) is 14.9. The predicted molar refractivity (Wildman–Crippen MR) is 200 cm³/mol. The van der Waals surface area contributed by atoms with Gasteiger partial charge >= 0.3 is 13.9 Å². The highest BCUT2D eigenvalue weighted by molar-refractivity contribution is 7.51. The molecule has 0 spiro atoms. The Morgan fingerprint density at radius 1 is 0.883 bits per heavy atom. The lowest BCUT2D eigenvalue weighted by Gasteiger charge is -2.27. The van der Waals surface area contributed by atoms with Crippen LogP contribution in [0.25, 0.3) is 22.3 Å². The van der Waals surface area contributed by atoms with Gasteiger partial charge in [-0.25, -0.2) is 53.1 Å². The number of nitriles is 2. The number of fused-ring (bicyclic) bond motifs is 2. The summed E-state index contributed by atoms with van der Waals surface area (Å²) in [6.07, 6.45) is -9.68. The van der Waals surface area contributed by atoms with Gasteiger partial charge in [-0.05, 0) is 18.6 Å². The first-order chi connectivity index (χ1) is 29.1. The molecule has 22 nitrogen and oxygen atoms in total. The number of nitrogens with two attached hydrogens (primary N) is 1. The molecule has 60 heavy (non-hydrogen) atoms. The van der Waals surface area contributed by atoms with Crippen LogP contribution >= 0.6 is 7.75 Å². The minimum absolute atomic E-state index is 0.00751. The molecule has 314 valence electrons. The lowest BCUT2D eigenvalue weighted by atomic mass is 10.1. The van der Waals surface area contributed by atoms with E-state index in [4.69, 9.17) is 39.0 Å². The van der Waals surface area contributed by atoms with Crippen LogP contribution in [0.2, 0.25) is 0 Å². The summed E-state index contributed by atoms with van der Waals surface area (Å²) in [6.45, 7) is 0.317. The SMILES string of the molecule is CC[C@H]1O[C@@H](n2cnc3c(NC(=O)c4ccccc4)ncnc32)[C@H](F)[C@@H]1OP(=O)(NC[C@H]1O[C@@H](n2cnc3c(N)ncnc32)[C@H](F)[C@@H]1OC(=O)OCCC#N)OCCC#N. The van der Waals surface area contributed by atoms with Crippen molar-refractivity contribution in [3.8, 4) is 12.1 Å². The van der Waals surface area contributed by atoms with E-state index in [-0.39, 0.29) is 59.8 Å². The standard InChI is InChI=1S/C35H36F2N13O9P/c1-2-20-27(23(37)34(56-20)50-18-46-25-29(42-16-44-31(25)50)48-32(51)19-8-4-3-5-9-19)59-60(53,55-13-7-11-39)47-14-21-26(58-35(52)54-12-6-10-38)22(36)33(57-21)49-17-45-24-28(40)41-15-43-30(24)49/h3-5,8-9,15-18,20-23,26-27,33-34H,2,6-7,12-14H2,1H3,(H,47,53)(H2,40,41,43)(H,42,44,48,51)/t20-,21-,22-,23-,26-,27-,33-,34-,60?/m1/s1. The van der Waals surface area contributed by atoms with Crippen molar-refractivity contribution in [1.82, 2.24) is 44.1 Å². The molecular weight excluding hydrogens is 815 g/mol. The molecular formula is C35H36F2N13O9P. The number of carbonyl (C=O) groups is 2. The molecule has 6 heterocycles. The molecule has 7 rings (SSSR count). The number of anilines is 2. The first-order valence-corrected chi connectivity index (χ1v) is 19.9. The number of alkyl halides is 2. The zero-order chi connectivity index (χ0) is 42.4. The zero-order valence-electron chi connectivity index (χ0n) is 31.5. The Morgan fingerprint density at radius 3 is 2.22 bits per heavy atom. The molecule has 1 amide bonds. The smallest absolute Gasteiger partial charge is 0.433 e. The average Bonchev–Trinajstić information content (AvgIpc) is 4.02. The summed E-state index contributed by atoms with van der Waals surface area (Å²) in [6, 6.07) is 12.0. The summed E-state index contributed by atoms with van der Waals surface area (Å²) in [4.78, 5) is 50.3. The van der Waals surface area contributed by atoms with Crippen LogP contribution in [0.15, 0.2) is 55.6 Å². The maximum absolute atomic E-state index is 16.7. The van der Waals surface area contributed by atoms with E-state index in [9.17, 15) is 19.4 Å². The molecule has 9 atom stereocenters. The summed E-state index contributed by atoms with van der Waals surface area (Å²) in [5.41, 5.74) is 6.74. The highest BCUT2D eigenvalue weighted by Crippen LogP contribution is 2.50. The largest absolute Gasteiger partial charge is 0.508 e. The molecule has 4 N–H and O–H groups in total. The second-order valence-electron chi connectivity index (χ2n) is 13.1. The molecule has 0 bridgehead atoms. The fraction of sp³-hybridized carbons (Fsp3) is 0.429. The summed E-state index contributed by atoms with van der Waals surface area (Å²) in [5.74, 6) is -0.398. The van der Waals surface area contributed by atoms with E-state index in [0.717, 1.165) is 12.7 Å². The molecule has 0 radical (unpaired) electrons. The third kappa shape index (κ3) is 8.70. The Balaban J connectivity index is 1.11. The van der Waals surface area contributed by atoms with Crippen molar-refractivity contribution in [3.63, 3.8) is 0 Å². The molecule has 1 unspecified atom stereocenters. The number of rotatable bonds is 16. The first kappa shape index (κ1) is 41.9. The molecule has 4 aromatic heterocycles. The van der Waals surface area contributed by atoms with Crippen molar-refractivity contribution in [2.75, 3.05) is 30.8 Å². The maximum Gasteiger partial charge on any atom is 0.508 e. The Hall–Kier alpha value is -6.27. The molecule has 5 aromatic rings. The van der Waals surface area contributed by atoms with E-state index in [1.807, 2.05) is 6.07 Å². The van der Waals surface area contributed by atoms with Crippen molar-refractivity contribution >= 4 is 53.8 Å². The van der Waals surface area contributed by atoms with Crippen LogP contribution in [0, 0.1) is 22.7 Å². The summed E-state index contributed by atoms with van der Waals surface area (Å²) in [5, 5.41) is 23.3. The summed E-state index contributed by atoms with van der Waals surface area (Å²) < 4.78 is 83.6. The van der Waals surface area contributed by atoms with Gasteiger partial charge in [0.1, 0.15) is 37.0 Å². The molecule has 2 saturated heterocycles. The fourth-order valence-electron chi connectivity index (χ4n) is 6.56. The molecule has 1 aromatic carbocycles. The number of halogens is 2. The number of amides is 1. The molecule has 0 aliphatic carbocycles. The highest BCUT2D eigenvalue weighted by atomic mass is 31.2. The maximum atomic E-state index is 16.7. The Kier molecular flexibility index (Phi) is 12.8. The third-order valence-corrected chi connectivity index (χ3v) is 11.0. The highest BCUT2D eigenvalue weighted by Gasteiger charge is 2.52. The van der Waals surface area contributed by atoms with E-state index in [0.29, 0.717) is 5.56 Å². The number of benzene rings is 1. The van der Waals surface area contributed by atoms with Crippen LogP contribution in [-0.2, 0) is 32.6 Å². The van der Waals surface area contributed by atoms with Gasteiger partial charge < -0.3 is 30.0 Å². The number of hydrogen-bond donors (Lipinski definition) is 3. The summed E-state index contributed by atoms with van der Waals surface area (Å²) in [7, 11) is -4.66. The van der Waals surface area contributed by atoms with Gasteiger partial charge in [0.05, 0.1) is 50.3 Å². The lowest BCUT2D eigenvalue weighted by Crippen LogP contribution is -2.40. The van der Waals surface area contributed by atoms with Gasteiger partial charge in [0.25, 0.3) is 5.91 Å². The van der Waals surface area contributed by atoms with Crippen LogP contribution in [0.1, 0.15) is 49.0 Å². The Morgan fingerprint density at radius 2 is 1.52 bits per heavy atom. The quantitative estimate of drug-likeness (QED) is 0.0722. The van der Waals surface area contributed by atoms with Gasteiger partial charge in [0, 0.05) is 12.1 Å². The number of ether oxygens (including phenoxy) is 4. The van der Waals surface area contributed by atoms with E-state index >= 15 is 8.78 Å². The number of aromatic nitrogens is 8. The predicted octanol–water partition coefficient (Wildman–Crippen LogP) is 3.83. The number of carbonyl (C=O) groups excluding carboxylic acids is 2. The second kappa shape index (κ2) is 18.3. The van der Waals surface area contributed by atoms with Gasteiger partial charge in [0.15, 0.2) is 59.3 Å². The minimum atomic E-state index is -4.66. The number of nitrogens with one attached hydrogen (secondary N) is 2. The van der Waals surface area contributed by atoms with Crippen LogP contribution in [0.3, 0.4) is 0 Å². The average molecular weight is 852 g/mol. The lowest BCUT2D eigenvalue weighted by molar-refractivity contribution is -0.0327. The van der Waals surface area contributed by atoms with Crippen molar-refractivity contribution < 1.29 is 50.9 Å². The molecule has 2 aliphatic heterocycles. The van der Waals surface area contributed by atoms with Crippen LogP contribution < -0.4 is 16.1 Å². The number of imidazole rings is 2. The Bertz CT molecular complexity index is 2470. The topological polar surface area (TPSA) is 291 Å². The van der Waals surface area contributed by atoms with Crippen molar-refractivity contribution in [1.29, 1.82) is 10.5 Å². The van der Waals surface area contributed by atoms with E-state index < -0.39 is 82.2 Å². The number of hydrogen-bond acceptors (Lipinski definition) is 18.